The van der Waals surface area contributed by atoms with Crippen molar-refractivity contribution in [3.63, 3.8) is 0 Å². The highest BCUT2D eigenvalue weighted by Crippen LogP contribution is 2.11. The number of aromatic nitrogens is 3. The van der Waals surface area contributed by atoms with Gasteiger partial charge in [-0.1, -0.05) is 6.92 Å². The fourth-order valence-corrected chi connectivity index (χ4v) is 1.90. The highest BCUT2D eigenvalue weighted by molar-refractivity contribution is 7.71. The summed E-state index contributed by atoms with van der Waals surface area (Å²) in [7, 11) is 0. The normalized spacial score (nSPS) is 11.0. The Balaban J connectivity index is 2.01. The van der Waals surface area contributed by atoms with E-state index in [0.717, 1.165) is 17.8 Å². The van der Waals surface area contributed by atoms with Crippen molar-refractivity contribution in [1.29, 1.82) is 0 Å². The Morgan fingerprint density at radius 3 is 2.86 bits per heavy atom. The molecule has 0 aliphatic heterocycles. The van der Waals surface area contributed by atoms with Gasteiger partial charge in [-0.15, -0.1) is 0 Å². The van der Waals surface area contributed by atoms with Gasteiger partial charge < -0.3 is 9.84 Å². The molecule has 1 aromatic carbocycles. The van der Waals surface area contributed by atoms with Gasteiger partial charge in [0.2, 0.25) is 4.77 Å². The number of benzene rings is 1. The van der Waals surface area contributed by atoms with Gasteiger partial charge in [0.25, 0.3) is 0 Å². The minimum Gasteiger partial charge on any atom is -0.493 e. The van der Waals surface area contributed by atoms with Crippen LogP contribution in [0.4, 0.5) is 0 Å². The molecule has 1 heterocycles. The summed E-state index contributed by atoms with van der Waals surface area (Å²) in [5, 5.41) is 19.6. The van der Waals surface area contributed by atoms with Crippen molar-refractivity contribution in [3.05, 3.63) is 40.4 Å². The summed E-state index contributed by atoms with van der Waals surface area (Å²) in [5.41, 5.74) is 0.871. The molecule has 0 unspecified atom stereocenters. The highest BCUT2D eigenvalue weighted by atomic mass is 32.1. The smallest absolute Gasteiger partial charge is 0.306 e. The van der Waals surface area contributed by atoms with Crippen LogP contribution in [0.3, 0.4) is 0 Å². The van der Waals surface area contributed by atoms with E-state index in [1.54, 1.807) is 23.0 Å². The molecule has 0 aliphatic rings. The standard InChI is InChI=1S/C14H16N4O3S/c1-2-12-16-17-14(22)18(12)15-9-10-3-5-11(6-4-10)21-8-7-13(19)20/h3-6,9H,2,7-8H2,1H3,(H,17,22)(H,19,20)/b15-9-. The molecule has 0 aliphatic carbocycles. The number of hydrogen-bond acceptors (Lipinski definition) is 5. The van der Waals surface area contributed by atoms with E-state index in [9.17, 15) is 4.79 Å². The topological polar surface area (TPSA) is 92.5 Å². The Kier molecular flexibility index (Phi) is 5.42. The van der Waals surface area contributed by atoms with Gasteiger partial charge in [0, 0.05) is 6.42 Å². The third-order valence-electron chi connectivity index (χ3n) is 2.82. The number of hydrogen-bond donors (Lipinski definition) is 2. The van der Waals surface area contributed by atoms with E-state index in [1.165, 1.54) is 0 Å². The predicted molar refractivity (Wildman–Crippen MR) is 84.0 cm³/mol. The monoisotopic (exact) mass is 320 g/mol. The van der Waals surface area contributed by atoms with Crippen LogP contribution in [0.15, 0.2) is 29.4 Å². The number of carboxylic acids is 1. The first-order valence-corrected chi connectivity index (χ1v) is 7.16. The number of carboxylic acid groups (broad SMARTS) is 1. The molecule has 0 saturated heterocycles. The number of aliphatic carboxylic acids is 1. The van der Waals surface area contributed by atoms with Gasteiger partial charge in [-0.25, -0.2) is 0 Å². The van der Waals surface area contributed by atoms with Crippen molar-refractivity contribution in [2.24, 2.45) is 5.10 Å². The number of ether oxygens (including phenoxy) is 1. The molecule has 0 amide bonds. The predicted octanol–water partition coefficient (Wildman–Crippen LogP) is 2.24. The van der Waals surface area contributed by atoms with Gasteiger partial charge in [-0.2, -0.15) is 14.9 Å². The summed E-state index contributed by atoms with van der Waals surface area (Å²) >= 11 is 5.11. The van der Waals surface area contributed by atoms with Crippen molar-refractivity contribution in [1.82, 2.24) is 14.9 Å². The van der Waals surface area contributed by atoms with Crippen molar-refractivity contribution in [3.8, 4) is 5.75 Å². The largest absolute Gasteiger partial charge is 0.493 e. The molecular formula is C14H16N4O3S. The zero-order valence-corrected chi connectivity index (χ0v) is 12.8. The Bertz CT molecular complexity index is 718. The lowest BCUT2D eigenvalue weighted by molar-refractivity contribution is -0.137. The van der Waals surface area contributed by atoms with Gasteiger partial charge in [0.15, 0.2) is 5.82 Å². The highest BCUT2D eigenvalue weighted by Gasteiger charge is 2.01. The Hall–Kier alpha value is -2.48. The minimum atomic E-state index is -0.882. The number of rotatable bonds is 7. The molecule has 0 atom stereocenters. The molecule has 7 nitrogen and oxygen atoms in total. The van der Waals surface area contributed by atoms with Crippen LogP contribution in [-0.2, 0) is 11.2 Å². The quantitative estimate of drug-likeness (QED) is 0.603. The van der Waals surface area contributed by atoms with Crippen molar-refractivity contribution < 1.29 is 14.6 Å². The summed E-state index contributed by atoms with van der Waals surface area (Å²) in [6, 6.07) is 7.18. The number of nitrogens with zero attached hydrogens (tertiary/aromatic N) is 3. The first kappa shape index (κ1) is 15.9. The number of aryl methyl sites for hydroxylation is 1. The minimum absolute atomic E-state index is 0.0260. The van der Waals surface area contributed by atoms with Crippen LogP contribution < -0.4 is 4.74 Å². The average Bonchev–Trinajstić information content (AvgIpc) is 2.86. The molecule has 0 saturated carbocycles. The van der Waals surface area contributed by atoms with E-state index in [4.69, 9.17) is 22.1 Å². The van der Waals surface area contributed by atoms with Crippen LogP contribution in [0, 0.1) is 4.77 Å². The molecule has 22 heavy (non-hydrogen) atoms. The van der Waals surface area contributed by atoms with E-state index in [1.807, 2.05) is 19.1 Å². The molecule has 2 aromatic rings. The van der Waals surface area contributed by atoms with Crippen LogP contribution >= 0.6 is 12.2 Å². The van der Waals surface area contributed by atoms with Crippen LogP contribution in [0.2, 0.25) is 0 Å². The Morgan fingerprint density at radius 2 is 2.23 bits per heavy atom. The molecule has 0 radical (unpaired) electrons. The maximum atomic E-state index is 10.4. The maximum absolute atomic E-state index is 10.4. The number of carbonyl (C=O) groups is 1. The van der Waals surface area contributed by atoms with Crippen LogP contribution in [-0.4, -0.2) is 38.8 Å². The van der Waals surface area contributed by atoms with E-state index in [0.29, 0.717) is 10.5 Å². The third kappa shape index (κ3) is 4.26. The van der Waals surface area contributed by atoms with Gasteiger partial charge in [0.1, 0.15) is 5.75 Å². The summed E-state index contributed by atoms with van der Waals surface area (Å²) < 4.78 is 7.34. The number of nitrogens with one attached hydrogen (secondary N) is 1. The number of H-pyrrole nitrogens is 1. The number of aromatic amines is 1. The summed E-state index contributed by atoms with van der Waals surface area (Å²) in [6.45, 7) is 2.12. The molecule has 2 N–H and O–H groups in total. The van der Waals surface area contributed by atoms with Crippen molar-refractivity contribution >= 4 is 24.4 Å². The molecule has 8 heteroatoms. The SMILES string of the molecule is CCc1n[nH]c(=S)n1/N=C\c1ccc(OCCC(=O)O)cc1. The lowest BCUT2D eigenvalue weighted by atomic mass is 10.2. The molecule has 0 bridgehead atoms. The Labute approximate surface area is 132 Å². The molecule has 0 spiro atoms. The maximum Gasteiger partial charge on any atom is 0.306 e. The van der Waals surface area contributed by atoms with Gasteiger partial charge in [0.05, 0.1) is 19.2 Å². The average molecular weight is 320 g/mol. The zero-order valence-electron chi connectivity index (χ0n) is 12.0. The molecule has 2 rings (SSSR count). The first-order valence-electron chi connectivity index (χ1n) is 6.75. The lowest BCUT2D eigenvalue weighted by Gasteiger charge is -2.04. The second-order valence-electron chi connectivity index (χ2n) is 4.42. The van der Waals surface area contributed by atoms with E-state index >= 15 is 0 Å². The van der Waals surface area contributed by atoms with Crippen LogP contribution in [0.25, 0.3) is 0 Å². The van der Waals surface area contributed by atoms with Crippen molar-refractivity contribution in [2.75, 3.05) is 6.61 Å². The summed E-state index contributed by atoms with van der Waals surface area (Å²) in [5.74, 6) is 0.495. The molecule has 1 aromatic heterocycles. The van der Waals surface area contributed by atoms with Crippen LogP contribution in [0.5, 0.6) is 5.75 Å². The van der Waals surface area contributed by atoms with E-state index in [2.05, 4.69) is 15.3 Å². The summed E-state index contributed by atoms with van der Waals surface area (Å²) in [4.78, 5) is 10.4. The molecular weight excluding hydrogens is 304 g/mol. The van der Waals surface area contributed by atoms with Crippen molar-refractivity contribution in [2.45, 2.75) is 19.8 Å². The second-order valence-corrected chi connectivity index (χ2v) is 4.80. The molecule has 0 fully saturated rings. The zero-order chi connectivity index (χ0) is 15.9. The van der Waals surface area contributed by atoms with Gasteiger partial charge in [-0.05, 0) is 42.0 Å². The fourth-order valence-electron chi connectivity index (χ4n) is 1.70. The fraction of sp³-hybridized carbons (Fsp3) is 0.286. The first-order chi connectivity index (χ1) is 10.6. The lowest BCUT2D eigenvalue weighted by Crippen LogP contribution is -2.04. The second kappa shape index (κ2) is 7.51. The van der Waals surface area contributed by atoms with E-state index in [-0.39, 0.29) is 13.0 Å². The van der Waals surface area contributed by atoms with Gasteiger partial charge in [-0.3, -0.25) is 9.89 Å². The summed E-state index contributed by atoms with van der Waals surface area (Å²) in [6.07, 6.45) is 2.37. The molecule has 116 valence electrons. The van der Waals surface area contributed by atoms with Crippen LogP contribution in [0.1, 0.15) is 24.7 Å². The Morgan fingerprint density at radius 1 is 1.50 bits per heavy atom. The third-order valence-corrected chi connectivity index (χ3v) is 3.08. The van der Waals surface area contributed by atoms with Gasteiger partial charge >= 0.3 is 5.97 Å². The van der Waals surface area contributed by atoms with E-state index < -0.39 is 5.97 Å².